The highest BCUT2D eigenvalue weighted by molar-refractivity contribution is 5.79. The predicted octanol–water partition coefficient (Wildman–Crippen LogP) is 2.95. The highest BCUT2D eigenvalue weighted by atomic mass is 19.4. The number of nitrogens with one attached hydrogen (secondary N) is 2. The van der Waals surface area contributed by atoms with Gasteiger partial charge in [0.1, 0.15) is 0 Å². The Morgan fingerprint density at radius 2 is 1.93 bits per heavy atom. The van der Waals surface area contributed by atoms with E-state index in [2.05, 4.69) is 30.2 Å². The highest BCUT2D eigenvalue weighted by Crippen LogP contribution is 2.17. The second kappa shape index (κ2) is 11.7. The molecule has 1 aliphatic rings. The van der Waals surface area contributed by atoms with Gasteiger partial charge >= 0.3 is 6.18 Å². The Balaban J connectivity index is 1.64. The van der Waals surface area contributed by atoms with Crippen LogP contribution in [-0.4, -0.2) is 61.9 Å². The van der Waals surface area contributed by atoms with Gasteiger partial charge in [0.25, 0.3) is 0 Å². The highest BCUT2D eigenvalue weighted by Gasteiger charge is 2.28. The van der Waals surface area contributed by atoms with Crippen LogP contribution in [0.4, 0.5) is 13.2 Å². The van der Waals surface area contributed by atoms with Gasteiger partial charge < -0.3 is 20.3 Å². The van der Waals surface area contributed by atoms with Gasteiger partial charge in [-0.05, 0) is 44.5 Å². The van der Waals surface area contributed by atoms with E-state index in [0.717, 1.165) is 25.1 Å². The number of aromatic nitrogens is 1. The van der Waals surface area contributed by atoms with Crippen LogP contribution in [0.5, 0.6) is 5.88 Å². The zero-order chi connectivity index (χ0) is 20.2. The third kappa shape index (κ3) is 9.25. The second-order valence-corrected chi connectivity index (χ2v) is 6.87. The third-order valence-corrected chi connectivity index (χ3v) is 4.51. The van der Waals surface area contributed by atoms with Crippen molar-refractivity contribution in [3.05, 3.63) is 23.9 Å². The molecule has 1 saturated heterocycles. The van der Waals surface area contributed by atoms with Crippen molar-refractivity contribution in [1.82, 2.24) is 20.5 Å². The zero-order valence-corrected chi connectivity index (χ0v) is 16.4. The van der Waals surface area contributed by atoms with Gasteiger partial charge in [-0.3, -0.25) is 4.99 Å². The number of pyridine rings is 1. The van der Waals surface area contributed by atoms with Crippen LogP contribution in [0.2, 0.25) is 0 Å². The summed E-state index contributed by atoms with van der Waals surface area (Å²) in [7, 11) is 1.70. The molecule has 158 valence electrons. The number of aliphatic imine (C=N–C) groups is 1. The van der Waals surface area contributed by atoms with Gasteiger partial charge in [0.15, 0.2) is 12.6 Å². The minimum absolute atomic E-state index is 0.0444. The lowest BCUT2D eigenvalue weighted by Crippen LogP contribution is -2.38. The summed E-state index contributed by atoms with van der Waals surface area (Å²) in [5.41, 5.74) is 0.826. The molecule has 9 heteroatoms. The molecule has 1 aromatic rings. The number of hydrogen-bond donors (Lipinski definition) is 2. The van der Waals surface area contributed by atoms with Crippen molar-refractivity contribution in [2.45, 2.75) is 44.8 Å². The number of rotatable bonds is 8. The van der Waals surface area contributed by atoms with Gasteiger partial charge in [-0.1, -0.05) is 18.9 Å². The van der Waals surface area contributed by atoms with Crippen molar-refractivity contribution < 1.29 is 17.9 Å². The summed E-state index contributed by atoms with van der Waals surface area (Å²) in [6.07, 6.45) is 3.45. The molecule has 1 fully saturated rings. The summed E-state index contributed by atoms with van der Waals surface area (Å²) in [4.78, 5) is 10.6. The summed E-state index contributed by atoms with van der Waals surface area (Å²) >= 11 is 0. The molecule has 1 aromatic heterocycles. The molecule has 0 radical (unpaired) electrons. The Morgan fingerprint density at radius 3 is 2.54 bits per heavy atom. The van der Waals surface area contributed by atoms with Crippen LogP contribution in [0.15, 0.2) is 23.3 Å². The molecule has 28 heavy (non-hydrogen) atoms. The lowest BCUT2D eigenvalue weighted by Gasteiger charge is -2.20. The monoisotopic (exact) mass is 401 g/mol. The number of hydrogen-bond acceptors (Lipinski definition) is 4. The first-order chi connectivity index (χ1) is 13.5. The second-order valence-electron chi connectivity index (χ2n) is 6.87. The largest absolute Gasteiger partial charge is 0.468 e. The van der Waals surface area contributed by atoms with E-state index in [1.807, 2.05) is 0 Å². The van der Waals surface area contributed by atoms with Crippen molar-refractivity contribution in [2.24, 2.45) is 4.99 Å². The summed E-state index contributed by atoms with van der Waals surface area (Å²) in [6.45, 7) is 3.45. The van der Waals surface area contributed by atoms with Crippen LogP contribution < -0.4 is 15.4 Å². The lowest BCUT2D eigenvalue weighted by atomic mass is 10.2. The number of ether oxygens (including phenoxy) is 1. The Hall–Kier alpha value is -2.03. The van der Waals surface area contributed by atoms with E-state index < -0.39 is 12.8 Å². The maximum absolute atomic E-state index is 12.1. The number of likely N-dealkylation sites (tertiary alicyclic amines) is 1. The van der Waals surface area contributed by atoms with Crippen molar-refractivity contribution >= 4 is 5.96 Å². The van der Waals surface area contributed by atoms with Gasteiger partial charge in [-0.25, -0.2) is 4.98 Å². The molecular weight excluding hydrogens is 371 g/mol. The lowest BCUT2D eigenvalue weighted by molar-refractivity contribution is -0.154. The maximum atomic E-state index is 12.1. The topological polar surface area (TPSA) is 61.8 Å². The summed E-state index contributed by atoms with van der Waals surface area (Å²) in [6, 6.07) is 3.11. The van der Waals surface area contributed by atoms with Crippen molar-refractivity contribution in [3.8, 4) is 5.88 Å². The molecule has 0 aliphatic carbocycles. The minimum atomic E-state index is -4.37. The van der Waals surface area contributed by atoms with Gasteiger partial charge in [-0.2, -0.15) is 13.2 Å². The van der Waals surface area contributed by atoms with Crippen molar-refractivity contribution in [2.75, 3.05) is 39.8 Å². The minimum Gasteiger partial charge on any atom is -0.468 e. The van der Waals surface area contributed by atoms with E-state index in [0.29, 0.717) is 12.5 Å². The molecular formula is C19H30F3N5O. The Kier molecular flexibility index (Phi) is 9.33. The number of halogens is 3. The van der Waals surface area contributed by atoms with Gasteiger partial charge in [-0.15, -0.1) is 0 Å². The van der Waals surface area contributed by atoms with Crippen LogP contribution in [-0.2, 0) is 6.54 Å². The zero-order valence-electron chi connectivity index (χ0n) is 16.4. The first-order valence-corrected chi connectivity index (χ1v) is 9.77. The number of alkyl halides is 3. The van der Waals surface area contributed by atoms with E-state index >= 15 is 0 Å². The normalized spacial score (nSPS) is 16.5. The van der Waals surface area contributed by atoms with Crippen molar-refractivity contribution in [1.29, 1.82) is 0 Å². The molecule has 2 rings (SSSR count). The van der Waals surface area contributed by atoms with Crippen LogP contribution in [0.3, 0.4) is 0 Å². The standard InChI is InChI=1S/C19H30F3N5O/c1-23-18(24-9-6-12-27-10-4-2-3-5-11-27)26-14-16-7-8-17(25-13-16)28-15-19(20,21)22/h7-8,13H,2-6,9-12,14-15H2,1H3,(H2,23,24,26). The Bertz CT molecular complexity index is 584. The Morgan fingerprint density at radius 1 is 1.18 bits per heavy atom. The smallest absolute Gasteiger partial charge is 0.422 e. The van der Waals surface area contributed by atoms with Gasteiger partial charge in [0, 0.05) is 32.4 Å². The molecule has 0 atom stereocenters. The molecule has 0 aromatic carbocycles. The van der Waals surface area contributed by atoms with Crippen LogP contribution in [0.25, 0.3) is 0 Å². The molecule has 1 aliphatic heterocycles. The fourth-order valence-electron chi connectivity index (χ4n) is 3.03. The number of nitrogens with zero attached hydrogens (tertiary/aromatic N) is 3. The van der Waals surface area contributed by atoms with Crippen LogP contribution in [0, 0.1) is 0 Å². The van der Waals surface area contributed by atoms with E-state index in [9.17, 15) is 13.2 Å². The van der Waals surface area contributed by atoms with E-state index in [-0.39, 0.29) is 5.88 Å². The average Bonchev–Trinajstić information content (AvgIpc) is 2.95. The predicted molar refractivity (Wildman–Crippen MR) is 104 cm³/mol. The average molecular weight is 401 g/mol. The van der Waals surface area contributed by atoms with Crippen LogP contribution >= 0.6 is 0 Å². The van der Waals surface area contributed by atoms with E-state index in [4.69, 9.17) is 0 Å². The summed E-state index contributed by atoms with van der Waals surface area (Å²) in [5.74, 6) is 0.644. The molecule has 0 unspecified atom stereocenters. The van der Waals surface area contributed by atoms with Crippen LogP contribution in [0.1, 0.15) is 37.7 Å². The molecule has 2 heterocycles. The molecule has 2 N–H and O–H groups in total. The fraction of sp³-hybridized carbons (Fsp3) is 0.684. The van der Waals surface area contributed by atoms with E-state index in [1.165, 1.54) is 51.0 Å². The molecule has 0 amide bonds. The summed E-state index contributed by atoms with van der Waals surface area (Å²) < 4.78 is 41.0. The first-order valence-electron chi connectivity index (χ1n) is 9.77. The molecule has 0 saturated carbocycles. The fourth-order valence-corrected chi connectivity index (χ4v) is 3.03. The Labute approximate surface area is 164 Å². The summed E-state index contributed by atoms with van der Waals surface area (Å²) in [5, 5.41) is 6.46. The third-order valence-electron chi connectivity index (χ3n) is 4.51. The van der Waals surface area contributed by atoms with Crippen molar-refractivity contribution in [3.63, 3.8) is 0 Å². The molecule has 6 nitrogen and oxygen atoms in total. The molecule has 0 bridgehead atoms. The quantitative estimate of drug-likeness (QED) is 0.398. The van der Waals surface area contributed by atoms with Gasteiger partial charge in [0.05, 0.1) is 0 Å². The van der Waals surface area contributed by atoms with E-state index in [1.54, 1.807) is 13.1 Å². The SMILES string of the molecule is CN=C(NCCCN1CCCCCC1)NCc1ccc(OCC(F)(F)F)nc1. The first kappa shape index (κ1) is 22.3. The maximum Gasteiger partial charge on any atom is 0.422 e. The molecule has 0 spiro atoms. The van der Waals surface area contributed by atoms with Gasteiger partial charge in [0.2, 0.25) is 5.88 Å². The number of guanidine groups is 1.